The molecule has 0 atom stereocenters. The molecule has 1 aliphatic heterocycles. The first-order valence-electron chi connectivity index (χ1n) is 12.7. The molecule has 1 aliphatic rings. The monoisotopic (exact) mass is 598 g/mol. The van der Waals surface area contributed by atoms with E-state index in [0.717, 1.165) is 11.1 Å². The molecule has 0 spiro atoms. The molecule has 0 saturated carbocycles. The summed E-state index contributed by atoms with van der Waals surface area (Å²) in [4.78, 5) is 32.1. The van der Waals surface area contributed by atoms with Crippen LogP contribution in [0.15, 0.2) is 70.6 Å². The first kappa shape index (κ1) is 29.5. The minimum atomic E-state index is -0.415. The van der Waals surface area contributed by atoms with Gasteiger partial charge in [0.1, 0.15) is 6.61 Å². The van der Waals surface area contributed by atoms with E-state index in [-0.39, 0.29) is 19.1 Å². The summed E-state index contributed by atoms with van der Waals surface area (Å²) in [5.74, 6) is 0.540. The molecular formula is C30H28Cl2N2O5S. The summed E-state index contributed by atoms with van der Waals surface area (Å²) < 4.78 is 16.9. The van der Waals surface area contributed by atoms with E-state index in [9.17, 15) is 9.59 Å². The van der Waals surface area contributed by atoms with E-state index in [0.29, 0.717) is 56.0 Å². The number of thioether (sulfide) groups is 1. The standard InChI is InChI=1S/C30H28Cl2N2O5S/c1-4-34-28(35)27(40-30(34)33-23-9-7-8-20(16-23)29(36)38-6-3)15-19-10-13-25(26(14-19)37-5-2)39-18-21-11-12-22(31)17-24(21)32/h7-17H,4-6,18H2,1-3H3. The molecule has 0 aromatic heterocycles. The Labute approximate surface area is 247 Å². The number of likely N-dealkylation sites (N-methyl/N-ethyl adjacent to an activating group) is 1. The molecule has 0 unspecified atom stereocenters. The molecule has 40 heavy (non-hydrogen) atoms. The van der Waals surface area contributed by atoms with Crippen molar-refractivity contribution < 1.29 is 23.8 Å². The van der Waals surface area contributed by atoms with Gasteiger partial charge in [0, 0.05) is 22.2 Å². The van der Waals surface area contributed by atoms with E-state index in [1.807, 2.05) is 32.0 Å². The van der Waals surface area contributed by atoms with Gasteiger partial charge in [0.15, 0.2) is 16.7 Å². The van der Waals surface area contributed by atoms with Crippen LogP contribution in [0.4, 0.5) is 5.69 Å². The van der Waals surface area contributed by atoms with Gasteiger partial charge in [-0.2, -0.15) is 0 Å². The van der Waals surface area contributed by atoms with E-state index < -0.39 is 5.97 Å². The molecule has 0 bridgehead atoms. The van der Waals surface area contributed by atoms with Crippen LogP contribution in [0.2, 0.25) is 10.0 Å². The van der Waals surface area contributed by atoms with Crippen LogP contribution < -0.4 is 9.47 Å². The number of hydrogen-bond donors (Lipinski definition) is 0. The van der Waals surface area contributed by atoms with Crippen LogP contribution in [0.25, 0.3) is 6.08 Å². The molecule has 1 saturated heterocycles. The average Bonchev–Trinajstić information content (AvgIpc) is 3.22. The minimum Gasteiger partial charge on any atom is -0.490 e. The largest absolute Gasteiger partial charge is 0.490 e. The second-order valence-electron chi connectivity index (χ2n) is 8.49. The summed E-state index contributed by atoms with van der Waals surface area (Å²) in [6.07, 6.45) is 1.80. The van der Waals surface area contributed by atoms with Crippen LogP contribution in [0, 0.1) is 0 Å². The molecule has 1 fully saturated rings. The molecule has 3 aromatic carbocycles. The number of hydrogen-bond acceptors (Lipinski definition) is 7. The van der Waals surface area contributed by atoms with Crippen molar-refractivity contribution in [2.24, 2.45) is 4.99 Å². The fraction of sp³-hybridized carbons (Fsp3) is 0.233. The first-order valence-corrected chi connectivity index (χ1v) is 14.3. The third-order valence-electron chi connectivity index (χ3n) is 5.75. The predicted molar refractivity (Wildman–Crippen MR) is 161 cm³/mol. The minimum absolute atomic E-state index is 0.150. The maximum atomic E-state index is 13.2. The van der Waals surface area contributed by atoms with Gasteiger partial charge in [-0.05, 0) is 86.6 Å². The zero-order chi connectivity index (χ0) is 28.6. The van der Waals surface area contributed by atoms with Gasteiger partial charge in [-0.3, -0.25) is 9.69 Å². The summed E-state index contributed by atoms with van der Waals surface area (Å²) in [5.41, 5.74) is 2.53. The van der Waals surface area contributed by atoms with Crippen LogP contribution in [0.3, 0.4) is 0 Å². The van der Waals surface area contributed by atoms with Crippen molar-refractivity contribution in [2.75, 3.05) is 19.8 Å². The van der Waals surface area contributed by atoms with Gasteiger partial charge in [0.05, 0.1) is 29.4 Å². The second kappa shape index (κ2) is 13.7. The van der Waals surface area contributed by atoms with Crippen LogP contribution in [-0.4, -0.2) is 41.7 Å². The summed E-state index contributed by atoms with van der Waals surface area (Å²) in [7, 11) is 0. The van der Waals surface area contributed by atoms with Crippen LogP contribution in [0.1, 0.15) is 42.3 Å². The molecule has 3 aromatic rings. The zero-order valence-electron chi connectivity index (χ0n) is 22.3. The third-order valence-corrected chi connectivity index (χ3v) is 7.34. The Bertz CT molecular complexity index is 1470. The highest BCUT2D eigenvalue weighted by atomic mass is 35.5. The molecule has 7 nitrogen and oxygen atoms in total. The average molecular weight is 600 g/mol. The number of carbonyl (C=O) groups is 2. The first-order chi connectivity index (χ1) is 19.3. The van der Waals surface area contributed by atoms with Gasteiger partial charge in [0.25, 0.3) is 5.91 Å². The van der Waals surface area contributed by atoms with Crippen molar-refractivity contribution in [3.05, 3.63) is 92.3 Å². The molecule has 1 heterocycles. The maximum absolute atomic E-state index is 13.2. The molecule has 0 radical (unpaired) electrons. The Balaban J connectivity index is 1.56. The molecule has 0 aliphatic carbocycles. The summed E-state index contributed by atoms with van der Waals surface area (Å²) >= 11 is 13.5. The Hall–Kier alpha value is -3.46. The predicted octanol–water partition coefficient (Wildman–Crippen LogP) is 7.77. The lowest BCUT2D eigenvalue weighted by Gasteiger charge is -2.13. The van der Waals surface area contributed by atoms with Gasteiger partial charge in [0.2, 0.25) is 0 Å². The molecule has 1 amide bonds. The molecule has 0 N–H and O–H groups in total. The van der Waals surface area contributed by atoms with Crippen molar-refractivity contribution >= 4 is 63.8 Å². The topological polar surface area (TPSA) is 77.4 Å². The lowest BCUT2D eigenvalue weighted by atomic mass is 10.1. The van der Waals surface area contributed by atoms with Crippen molar-refractivity contribution in [3.8, 4) is 11.5 Å². The number of aliphatic imine (C=N–C) groups is 1. The Morgan fingerprint density at radius 2 is 1.80 bits per heavy atom. The van der Waals surface area contributed by atoms with E-state index in [4.69, 9.17) is 37.4 Å². The van der Waals surface area contributed by atoms with E-state index >= 15 is 0 Å². The van der Waals surface area contributed by atoms with Crippen molar-refractivity contribution in [3.63, 3.8) is 0 Å². The van der Waals surface area contributed by atoms with Gasteiger partial charge in [-0.1, -0.05) is 41.4 Å². The number of rotatable bonds is 10. The number of halogens is 2. The normalized spacial score (nSPS) is 15.1. The molecular weight excluding hydrogens is 571 g/mol. The van der Waals surface area contributed by atoms with E-state index in [2.05, 4.69) is 4.99 Å². The van der Waals surface area contributed by atoms with Gasteiger partial charge in [-0.15, -0.1) is 0 Å². The number of ether oxygens (including phenoxy) is 3. The molecule has 208 valence electrons. The number of carbonyl (C=O) groups excluding carboxylic acids is 2. The lowest BCUT2D eigenvalue weighted by Crippen LogP contribution is -2.28. The van der Waals surface area contributed by atoms with Crippen molar-refractivity contribution in [2.45, 2.75) is 27.4 Å². The highest BCUT2D eigenvalue weighted by molar-refractivity contribution is 8.18. The van der Waals surface area contributed by atoms with Crippen LogP contribution in [0.5, 0.6) is 11.5 Å². The summed E-state index contributed by atoms with van der Waals surface area (Å²) in [6, 6.07) is 17.6. The highest BCUT2D eigenvalue weighted by Crippen LogP contribution is 2.36. The number of amidine groups is 1. The Morgan fingerprint density at radius 3 is 2.52 bits per heavy atom. The molecule has 4 rings (SSSR count). The SMILES string of the molecule is CCOC(=O)c1cccc(N=C2SC(=Cc3ccc(OCc4ccc(Cl)cc4Cl)c(OCC)c3)C(=O)N2CC)c1. The van der Waals surface area contributed by atoms with Gasteiger partial charge < -0.3 is 14.2 Å². The molecule has 10 heteroatoms. The van der Waals surface area contributed by atoms with Crippen LogP contribution in [-0.2, 0) is 16.1 Å². The van der Waals surface area contributed by atoms with Crippen molar-refractivity contribution in [1.82, 2.24) is 4.90 Å². The Morgan fingerprint density at radius 1 is 0.975 bits per heavy atom. The smallest absolute Gasteiger partial charge is 0.338 e. The number of amides is 1. The van der Waals surface area contributed by atoms with E-state index in [1.165, 1.54) is 11.8 Å². The number of benzene rings is 3. The summed E-state index contributed by atoms with van der Waals surface area (Å²) in [5, 5.41) is 1.61. The third kappa shape index (κ3) is 7.18. The van der Waals surface area contributed by atoms with E-state index in [1.54, 1.807) is 60.4 Å². The second-order valence-corrected chi connectivity index (χ2v) is 10.3. The van der Waals surface area contributed by atoms with Gasteiger partial charge >= 0.3 is 5.97 Å². The summed E-state index contributed by atoms with van der Waals surface area (Å²) in [6.45, 7) is 6.95. The fourth-order valence-electron chi connectivity index (χ4n) is 3.85. The lowest BCUT2D eigenvalue weighted by molar-refractivity contribution is -0.122. The van der Waals surface area contributed by atoms with Gasteiger partial charge in [-0.25, -0.2) is 9.79 Å². The number of nitrogens with zero attached hydrogens (tertiary/aromatic N) is 2. The highest BCUT2D eigenvalue weighted by Gasteiger charge is 2.32. The fourth-order valence-corrected chi connectivity index (χ4v) is 5.37. The maximum Gasteiger partial charge on any atom is 0.338 e. The quantitative estimate of drug-likeness (QED) is 0.175. The Kier molecular flexibility index (Phi) is 10.1. The van der Waals surface area contributed by atoms with Crippen LogP contribution >= 0.6 is 35.0 Å². The number of esters is 1. The van der Waals surface area contributed by atoms with Crippen molar-refractivity contribution in [1.29, 1.82) is 0 Å². The zero-order valence-corrected chi connectivity index (χ0v) is 24.6.